The molecule has 8 heteroatoms. The van der Waals surface area contributed by atoms with Crippen LogP contribution < -0.4 is 14.8 Å². The molecule has 1 aliphatic rings. The maximum Gasteiger partial charge on any atom is 0.274 e. The second-order valence-corrected chi connectivity index (χ2v) is 8.40. The average molecular weight is 411 g/mol. The molecule has 1 amide bonds. The predicted molar refractivity (Wildman–Crippen MR) is 107 cm³/mol. The van der Waals surface area contributed by atoms with Crippen molar-refractivity contribution >= 4 is 27.5 Å². The first-order valence-corrected chi connectivity index (χ1v) is 10.4. The lowest BCUT2D eigenvalue weighted by Crippen LogP contribution is -2.40. The van der Waals surface area contributed by atoms with Crippen LogP contribution in [0.1, 0.15) is 33.6 Å². The third-order valence-corrected chi connectivity index (χ3v) is 5.42. The van der Waals surface area contributed by atoms with E-state index in [2.05, 4.69) is 10.3 Å². The maximum absolute atomic E-state index is 12.9. The number of ether oxygens (including phenoxy) is 3. The van der Waals surface area contributed by atoms with Gasteiger partial charge in [-0.3, -0.25) is 4.79 Å². The van der Waals surface area contributed by atoms with E-state index in [1.807, 2.05) is 25.1 Å². The summed E-state index contributed by atoms with van der Waals surface area (Å²) in [5.74, 6) is 1.23. The van der Waals surface area contributed by atoms with Gasteiger partial charge in [-0.2, -0.15) is 0 Å². The van der Waals surface area contributed by atoms with Crippen LogP contribution in [0.2, 0.25) is 0 Å². The van der Waals surface area contributed by atoms with Gasteiger partial charge in [0.15, 0.2) is 0 Å². The molecule has 1 N–H and O–H groups in total. The number of nitrogens with zero attached hydrogens (tertiary/aromatic N) is 1. The third-order valence-electron chi connectivity index (χ3n) is 4.49. The topological polar surface area (TPSA) is 69.7 Å². The number of nitrogens with one attached hydrogen (secondary N) is 1. The summed E-state index contributed by atoms with van der Waals surface area (Å²) in [6.45, 7) is 6.09. The maximum atomic E-state index is 12.9. The van der Waals surface area contributed by atoms with Crippen molar-refractivity contribution in [2.75, 3.05) is 19.8 Å². The van der Waals surface area contributed by atoms with E-state index in [0.29, 0.717) is 24.3 Å². The normalized spacial score (nSPS) is 21.0. The highest BCUT2D eigenvalue weighted by atomic mass is 32.1. The van der Waals surface area contributed by atoms with E-state index in [1.54, 1.807) is 0 Å². The Bertz CT molecular complexity index is 792. The fraction of sp³-hybridized carbons (Fsp3) is 0.600. The van der Waals surface area contributed by atoms with Crippen molar-refractivity contribution in [2.45, 2.75) is 51.9 Å². The number of halogens is 1. The molecule has 0 radical (unpaired) electrons. The Morgan fingerprint density at radius 2 is 2.11 bits per heavy atom. The number of fused-ring (bicyclic) bond motifs is 1. The molecule has 6 nitrogen and oxygen atoms in total. The zero-order chi connectivity index (χ0) is 20.1. The molecular formula is C20H27FN2O4S. The zero-order valence-corrected chi connectivity index (χ0v) is 17.3. The number of amides is 1. The van der Waals surface area contributed by atoms with Crippen LogP contribution in [0.25, 0.3) is 10.2 Å². The van der Waals surface area contributed by atoms with Crippen molar-refractivity contribution in [3.63, 3.8) is 0 Å². The molecule has 0 aliphatic heterocycles. The number of thiazole rings is 1. The Morgan fingerprint density at radius 3 is 2.82 bits per heavy atom. The van der Waals surface area contributed by atoms with Gasteiger partial charge in [0.2, 0.25) is 5.91 Å². The molecule has 0 bridgehead atoms. The molecule has 0 saturated heterocycles. The van der Waals surface area contributed by atoms with E-state index < -0.39 is 6.17 Å². The Morgan fingerprint density at radius 1 is 1.32 bits per heavy atom. The molecule has 1 fully saturated rings. The van der Waals surface area contributed by atoms with Crippen molar-refractivity contribution in [1.29, 1.82) is 0 Å². The van der Waals surface area contributed by atoms with Crippen LogP contribution in [0.15, 0.2) is 18.2 Å². The molecule has 2 aromatic rings. The fourth-order valence-corrected chi connectivity index (χ4v) is 3.90. The largest absolute Gasteiger partial charge is 0.493 e. The van der Waals surface area contributed by atoms with Crippen LogP contribution in [-0.4, -0.2) is 49.0 Å². The second kappa shape index (κ2) is 9.52. The molecule has 1 aromatic carbocycles. The van der Waals surface area contributed by atoms with E-state index in [4.69, 9.17) is 14.2 Å². The van der Waals surface area contributed by atoms with Crippen molar-refractivity contribution in [2.24, 2.45) is 5.92 Å². The minimum Gasteiger partial charge on any atom is -0.493 e. The summed E-state index contributed by atoms with van der Waals surface area (Å²) in [7, 11) is 0. The van der Waals surface area contributed by atoms with Crippen LogP contribution in [0.5, 0.6) is 10.9 Å². The molecule has 0 unspecified atom stereocenters. The molecule has 1 aromatic heterocycles. The molecule has 154 valence electrons. The van der Waals surface area contributed by atoms with Crippen molar-refractivity contribution in [3.8, 4) is 10.9 Å². The molecule has 2 atom stereocenters. The van der Waals surface area contributed by atoms with Gasteiger partial charge in [0, 0.05) is 13.0 Å². The molecular weight excluding hydrogens is 383 g/mol. The summed E-state index contributed by atoms with van der Waals surface area (Å²) < 4.78 is 30.9. The van der Waals surface area contributed by atoms with Gasteiger partial charge < -0.3 is 19.5 Å². The van der Waals surface area contributed by atoms with Gasteiger partial charge in [-0.15, -0.1) is 0 Å². The van der Waals surface area contributed by atoms with E-state index in [1.165, 1.54) is 25.2 Å². The molecule has 3 rings (SSSR count). The lowest BCUT2D eigenvalue weighted by Gasteiger charge is -2.35. The number of aromatic nitrogens is 1. The van der Waals surface area contributed by atoms with Gasteiger partial charge in [0.05, 0.1) is 29.5 Å². The van der Waals surface area contributed by atoms with Gasteiger partial charge in [-0.25, -0.2) is 9.37 Å². The highest BCUT2D eigenvalue weighted by Gasteiger charge is 2.30. The first kappa shape index (κ1) is 20.8. The van der Waals surface area contributed by atoms with Gasteiger partial charge in [0.1, 0.15) is 18.5 Å². The van der Waals surface area contributed by atoms with Gasteiger partial charge >= 0.3 is 0 Å². The third kappa shape index (κ3) is 6.04. The quantitative estimate of drug-likeness (QED) is 0.646. The molecule has 0 spiro atoms. The van der Waals surface area contributed by atoms with E-state index >= 15 is 0 Å². The summed E-state index contributed by atoms with van der Waals surface area (Å²) in [6, 6.07) is 5.76. The predicted octanol–water partition coefficient (Wildman–Crippen LogP) is 3.73. The summed E-state index contributed by atoms with van der Waals surface area (Å²) >= 11 is 1.39. The molecule has 1 aliphatic carbocycles. The van der Waals surface area contributed by atoms with Gasteiger partial charge in [0.25, 0.3) is 5.19 Å². The zero-order valence-electron chi connectivity index (χ0n) is 16.4. The van der Waals surface area contributed by atoms with Crippen LogP contribution in [-0.2, 0) is 9.53 Å². The highest BCUT2D eigenvalue weighted by Crippen LogP contribution is 2.33. The van der Waals surface area contributed by atoms with Gasteiger partial charge in [-0.1, -0.05) is 11.3 Å². The first-order chi connectivity index (χ1) is 13.4. The SMILES string of the molecule is CC(=O)N[C@@H](C)CO[C@H]1C[C@H](COc2ccc3nc(OC[C@@H](C)F)sc3c2)C1. The van der Waals surface area contributed by atoms with Crippen LogP contribution >= 0.6 is 11.3 Å². The van der Waals surface area contributed by atoms with Crippen molar-refractivity contribution < 1.29 is 23.4 Å². The first-order valence-electron chi connectivity index (χ1n) is 9.58. The summed E-state index contributed by atoms with van der Waals surface area (Å²) in [6.07, 6.45) is 1.16. The Labute approximate surface area is 168 Å². The van der Waals surface area contributed by atoms with Gasteiger partial charge in [-0.05, 0) is 50.8 Å². The minimum atomic E-state index is -1.02. The summed E-state index contributed by atoms with van der Waals surface area (Å²) in [5, 5.41) is 3.29. The lowest BCUT2D eigenvalue weighted by atomic mass is 9.83. The second-order valence-electron chi connectivity index (χ2n) is 7.41. The number of hydrogen-bond donors (Lipinski definition) is 1. The van der Waals surface area contributed by atoms with E-state index in [-0.39, 0.29) is 24.7 Å². The van der Waals surface area contributed by atoms with E-state index in [0.717, 1.165) is 28.8 Å². The lowest BCUT2D eigenvalue weighted by molar-refractivity contribution is -0.120. The number of carbonyl (C=O) groups is 1. The standard InChI is InChI=1S/C20H27FN2O4S/c1-12(21)9-27-20-23-18-5-4-16(8-19(18)28-20)26-11-15-6-17(7-15)25-10-13(2)22-14(3)24/h4-5,8,12-13,15,17H,6-7,9-11H2,1-3H3,(H,22,24)/t12-,13+,15-,17-/m1/s1. The fourth-order valence-electron chi connectivity index (χ4n) is 3.05. The molecule has 1 saturated carbocycles. The number of hydrogen-bond acceptors (Lipinski definition) is 6. The summed E-state index contributed by atoms with van der Waals surface area (Å²) in [5.41, 5.74) is 0.823. The van der Waals surface area contributed by atoms with Crippen LogP contribution in [0.4, 0.5) is 4.39 Å². The average Bonchev–Trinajstić information content (AvgIpc) is 2.99. The monoisotopic (exact) mass is 410 g/mol. The number of carbonyl (C=O) groups excluding carboxylic acids is 1. The number of alkyl halides is 1. The number of benzene rings is 1. The highest BCUT2D eigenvalue weighted by molar-refractivity contribution is 7.20. The van der Waals surface area contributed by atoms with Crippen LogP contribution in [0, 0.1) is 5.92 Å². The van der Waals surface area contributed by atoms with Crippen LogP contribution in [0.3, 0.4) is 0 Å². The Kier molecular flexibility index (Phi) is 7.07. The van der Waals surface area contributed by atoms with Crippen molar-refractivity contribution in [3.05, 3.63) is 18.2 Å². The van der Waals surface area contributed by atoms with Crippen molar-refractivity contribution in [1.82, 2.24) is 10.3 Å². The smallest absolute Gasteiger partial charge is 0.274 e. The van der Waals surface area contributed by atoms with E-state index in [9.17, 15) is 9.18 Å². The Balaban J connectivity index is 1.39. The molecule has 28 heavy (non-hydrogen) atoms. The summed E-state index contributed by atoms with van der Waals surface area (Å²) in [4.78, 5) is 15.3. The number of rotatable bonds is 10. The minimum absolute atomic E-state index is 0.0116. The Hall–Kier alpha value is -1.93. The molecule has 1 heterocycles.